The van der Waals surface area contributed by atoms with E-state index in [1.165, 1.54) is 0 Å². The fourth-order valence-corrected chi connectivity index (χ4v) is 7.21. The van der Waals surface area contributed by atoms with E-state index in [1.807, 2.05) is 37.4 Å². The highest BCUT2D eigenvalue weighted by molar-refractivity contribution is 8.01. The molecule has 0 radical (unpaired) electrons. The van der Waals surface area contributed by atoms with Crippen molar-refractivity contribution >= 4 is 61.3 Å². The number of thioether (sulfide) groups is 1. The Bertz CT molecular complexity index is 1370. The second kappa shape index (κ2) is 9.31. The number of aryl methyl sites for hydroxylation is 2. The number of aromatic amines is 1. The van der Waals surface area contributed by atoms with Crippen molar-refractivity contribution in [1.29, 1.82) is 0 Å². The number of hydrogen-bond acceptors (Lipinski definition) is 5. The van der Waals surface area contributed by atoms with Crippen molar-refractivity contribution in [1.82, 2.24) is 10.3 Å². The smallest absolute Gasteiger partial charge is 0.269 e. The number of H-pyrrole nitrogens is 1. The summed E-state index contributed by atoms with van der Waals surface area (Å²) < 4.78 is 28.5. The van der Waals surface area contributed by atoms with E-state index in [0.29, 0.717) is 28.2 Å². The monoisotopic (exact) mass is 504 g/mol. The summed E-state index contributed by atoms with van der Waals surface area (Å²) in [5, 5.41) is 5.63. The number of amides is 1. The van der Waals surface area contributed by atoms with E-state index in [9.17, 15) is 13.2 Å². The van der Waals surface area contributed by atoms with Gasteiger partial charge in [0.05, 0.1) is 9.10 Å². The Morgan fingerprint density at radius 3 is 2.56 bits per heavy atom. The predicted octanol–water partition coefficient (Wildman–Crippen LogP) is 5.85. The van der Waals surface area contributed by atoms with Gasteiger partial charge in [0.1, 0.15) is 10.6 Å². The first-order chi connectivity index (χ1) is 15.3. The van der Waals surface area contributed by atoms with Crippen LogP contribution in [0, 0.1) is 13.8 Å². The van der Waals surface area contributed by atoms with Gasteiger partial charge in [-0.05, 0) is 66.8 Å². The van der Waals surface area contributed by atoms with E-state index in [1.54, 1.807) is 53.4 Å². The maximum atomic E-state index is 13.7. The highest BCUT2D eigenvalue weighted by Gasteiger charge is 2.30. The topological polar surface area (TPSA) is 79.0 Å². The van der Waals surface area contributed by atoms with Gasteiger partial charge in [0, 0.05) is 28.2 Å². The first-order valence-electron chi connectivity index (χ1n) is 9.85. The Kier molecular flexibility index (Phi) is 6.67. The van der Waals surface area contributed by atoms with Crippen LogP contribution in [-0.2, 0) is 9.84 Å². The summed E-state index contributed by atoms with van der Waals surface area (Å²) in [5.74, 6) is 0.212. The minimum absolute atomic E-state index is 0.0162. The zero-order valence-electron chi connectivity index (χ0n) is 17.4. The molecule has 0 fully saturated rings. The molecule has 2 N–H and O–H groups in total. The summed E-state index contributed by atoms with van der Waals surface area (Å²) in [5.41, 5.74) is 2.22. The second-order valence-corrected chi connectivity index (χ2v) is 12.0. The first-order valence-corrected chi connectivity index (χ1v) is 13.6. The summed E-state index contributed by atoms with van der Waals surface area (Å²) in [7, 11) is -3.98. The Morgan fingerprint density at radius 1 is 1.12 bits per heavy atom. The molecule has 0 saturated carbocycles. The van der Waals surface area contributed by atoms with Crippen LogP contribution >= 0.6 is 34.7 Å². The molecule has 5 nitrogen and oxygen atoms in total. The molecule has 0 spiro atoms. The largest absolute Gasteiger partial charge is 0.350 e. The summed E-state index contributed by atoms with van der Waals surface area (Å²) in [6.07, 6.45) is 0. The lowest BCUT2D eigenvalue weighted by molar-refractivity contribution is 0.0948. The van der Waals surface area contributed by atoms with Gasteiger partial charge >= 0.3 is 0 Å². The van der Waals surface area contributed by atoms with Gasteiger partial charge in [-0.1, -0.05) is 23.7 Å². The molecule has 166 valence electrons. The van der Waals surface area contributed by atoms with Crippen LogP contribution in [0.25, 0.3) is 10.9 Å². The normalized spacial score (nSPS) is 11.7. The van der Waals surface area contributed by atoms with Crippen LogP contribution in [0.4, 0.5) is 0 Å². The van der Waals surface area contributed by atoms with Crippen LogP contribution in [0.2, 0.25) is 5.02 Å². The van der Waals surface area contributed by atoms with Crippen molar-refractivity contribution in [2.24, 2.45) is 0 Å². The average Bonchev–Trinajstić information content (AvgIpc) is 3.38. The van der Waals surface area contributed by atoms with Crippen LogP contribution in [0.5, 0.6) is 0 Å². The molecule has 4 rings (SSSR count). The molecule has 0 aliphatic carbocycles. The number of carbonyl (C=O) groups is 1. The van der Waals surface area contributed by atoms with Gasteiger partial charge in [-0.15, -0.1) is 23.1 Å². The number of hydrogen-bond donors (Lipinski definition) is 2. The van der Waals surface area contributed by atoms with Crippen molar-refractivity contribution < 1.29 is 13.2 Å². The number of carbonyl (C=O) groups excluding carboxylic acids is 1. The van der Waals surface area contributed by atoms with Crippen LogP contribution in [0.15, 0.2) is 67.9 Å². The predicted molar refractivity (Wildman–Crippen MR) is 132 cm³/mol. The third kappa shape index (κ3) is 4.73. The number of fused-ring (bicyclic) bond motifs is 1. The number of sulfone groups is 1. The highest BCUT2D eigenvalue weighted by atomic mass is 35.5. The number of nitrogens with one attached hydrogen (secondary N) is 2. The van der Waals surface area contributed by atoms with Crippen LogP contribution in [0.3, 0.4) is 0 Å². The van der Waals surface area contributed by atoms with Crippen molar-refractivity contribution in [3.05, 3.63) is 75.8 Å². The maximum Gasteiger partial charge on any atom is 0.269 e. The average molecular weight is 505 g/mol. The van der Waals surface area contributed by atoms with Gasteiger partial charge in [-0.2, -0.15) is 0 Å². The van der Waals surface area contributed by atoms with E-state index in [0.717, 1.165) is 15.3 Å². The van der Waals surface area contributed by atoms with E-state index in [4.69, 9.17) is 11.6 Å². The lowest BCUT2D eigenvalue weighted by atomic mass is 10.2. The van der Waals surface area contributed by atoms with E-state index < -0.39 is 15.7 Å². The lowest BCUT2D eigenvalue weighted by Gasteiger charge is -2.10. The third-order valence-electron chi connectivity index (χ3n) is 4.84. The molecule has 0 unspecified atom stereocenters. The molecule has 4 aromatic rings. The number of thiophene rings is 1. The molecule has 32 heavy (non-hydrogen) atoms. The highest BCUT2D eigenvalue weighted by Crippen LogP contribution is 2.34. The minimum Gasteiger partial charge on any atom is -0.350 e. The first kappa shape index (κ1) is 22.9. The van der Waals surface area contributed by atoms with Gasteiger partial charge in [-0.3, -0.25) is 4.79 Å². The molecule has 0 atom stereocenters. The van der Waals surface area contributed by atoms with Gasteiger partial charge < -0.3 is 10.3 Å². The van der Waals surface area contributed by atoms with E-state index in [-0.39, 0.29) is 15.5 Å². The summed E-state index contributed by atoms with van der Waals surface area (Å²) in [6, 6.07) is 14.1. The van der Waals surface area contributed by atoms with Crippen molar-refractivity contribution in [2.75, 3.05) is 12.3 Å². The van der Waals surface area contributed by atoms with E-state index in [2.05, 4.69) is 10.3 Å². The molecular formula is C23H21ClN2O3S3. The zero-order valence-corrected chi connectivity index (χ0v) is 20.6. The number of halogens is 1. The molecule has 0 saturated heterocycles. The van der Waals surface area contributed by atoms with Crippen LogP contribution in [0.1, 0.15) is 21.6 Å². The summed E-state index contributed by atoms with van der Waals surface area (Å²) in [4.78, 5) is 16.1. The standard InChI is InChI=1S/C23H21ClN2O3S3/c1-14-10-15(2)12-17(11-14)32(28,29)22-18-13-16(24)5-6-19(18)26-21(22)23(27)25-7-9-31-20-4-3-8-30-20/h3-6,8,10-13,26H,7,9H2,1-2H3,(H,25,27). The summed E-state index contributed by atoms with van der Waals surface area (Å²) in [6.45, 7) is 4.09. The molecule has 9 heteroatoms. The van der Waals surface area contributed by atoms with Gasteiger partial charge in [-0.25, -0.2) is 8.42 Å². The molecule has 2 aromatic carbocycles. The van der Waals surface area contributed by atoms with Gasteiger partial charge in [0.2, 0.25) is 9.84 Å². The fraction of sp³-hybridized carbons (Fsp3) is 0.174. The summed E-state index contributed by atoms with van der Waals surface area (Å²) >= 11 is 9.45. The molecule has 2 heterocycles. The van der Waals surface area contributed by atoms with Gasteiger partial charge in [0.25, 0.3) is 5.91 Å². The van der Waals surface area contributed by atoms with Crippen LogP contribution < -0.4 is 5.32 Å². The number of aromatic nitrogens is 1. The lowest BCUT2D eigenvalue weighted by Crippen LogP contribution is -2.27. The minimum atomic E-state index is -3.98. The van der Waals surface area contributed by atoms with Gasteiger partial charge in [0.15, 0.2) is 0 Å². The maximum absolute atomic E-state index is 13.7. The third-order valence-corrected chi connectivity index (χ3v) is 9.03. The Hall–Kier alpha value is -2.26. The number of rotatable bonds is 7. The SMILES string of the molecule is Cc1cc(C)cc(S(=O)(=O)c2c(C(=O)NCCSc3cccs3)[nH]c3ccc(Cl)cc23)c1. The van der Waals surface area contributed by atoms with Crippen molar-refractivity contribution in [3.8, 4) is 0 Å². The molecule has 0 bridgehead atoms. The second-order valence-electron chi connectivity index (χ2n) is 7.38. The Labute approximate surface area is 200 Å². The van der Waals surface area contributed by atoms with Crippen molar-refractivity contribution in [2.45, 2.75) is 27.8 Å². The zero-order chi connectivity index (χ0) is 22.9. The Morgan fingerprint density at radius 2 is 1.88 bits per heavy atom. The molecule has 0 aliphatic heterocycles. The van der Waals surface area contributed by atoms with E-state index >= 15 is 0 Å². The molecular weight excluding hydrogens is 484 g/mol. The Balaban J connectivity index is 1.71. The fourth-order valence-electron chi connectivity index (χ4n) is 3.53. The molecule has 1 amide bonds. The van der Waals surface area contributed by atoms with Crippen molar-refractivity contribution in [3.63, 3.8) is 0 Å². The van der Waals surface area contributed by atoms with Crippen LogP contribution in [-0.4, -0.2) is 31.6 Å². The molecule has 2 aromatic heterocycles. The molecule has 0 aliphatic rings. The quantitative estimate of drug-likeness (QED) is 0.244. The number of benzene rings is 2.